The second-order valence-electron chi connectivity index (χ2n) is 5.26. The summed E-state index contributed by atoms with van der Waals surface area (Å²) in [6.07, 6.45) is 1.09. The number of hydrogen-bond donors (Lipinski definition) is 0. The summed E-state index contributed by atoms with van der Waals surface area (Å²) < 4.78 is 37.3. The van der Waals surface area contributed by atoms with Crippen molar-refractivity contribution in [2.24, 2.45) is 0 Å². The van der Waals surface area contributed by atoms with Crippen LogP contribution in [0.2, 0.25) is 0 Å². The normalized spacial score (nSPS) is 17.4. The average Bonchev–Trinajstić information content (AvgIpc) is 2.55. The molecule has 0 amide bonds. The Balaban J connectivity index is 2.17. The lowest BCUT2D eigenvalue weighted by atomic mass is 10.3. The zero-order valence-electron chi connectivity index (χ0n) is 13.4. The third-order valence-corrected chi connectivity index (χ3v) is 5.76. The SMILES string of the molecule is CCCN1CCN(S(=O)(=O)c2ccc(OC)c(OC)c2)CC1. The van der Waals surface area contributed by atoms with Crippen molar-refractivity contribution in [2.45, 2.75) is 18.2 Å². The Kier molecular flexibility index (Phi) is 5.66. The summed E-state index contributed by atoms with van der Waals surface area (Å²) in [5.41, 5.74) is 0. The van der Waals surface area contributed by atoms with Gasteiger partial charge in [0.25, 0.3) is 0 Å². The van der Waals surface area contributed by atoms with Gasteiger partial charge in [-0.25, -0.2) is 8.42 Å². The maximum absolute atomic E-state index is 12.7. The van der Waals surface area contributed by atoms with Crippen LogP contribution in [-0.4, -0.2) is 64.6 Å². The Morgan fingerprint density at radius 1 is 1.05 bits per heavy atom. The fraction of sp³-hybridized carbons (Fsp3) is 0.600. The zero-order chi connectivity index (χ0) is 16.2. The van der Waals surface area contributed by atoms with Gasteiger partial charge in [-0.3, -0.25) is 0 Å². The highest BCUT2D eigenvalue weighted by Crippen LogP contribution is 2.30. The molecule has 22 heavy (non-hydrogen) atoms. The molecule has 6 nitrogen and oxygen atoms in total. The lowest BCUT2D eigenvalue weighted by Crippen LogP contribution is -2.48. The van der Waals surface area contributed by atoms with Gasteiger partial charge in [-0.1, -0.05) is 6.92 Å². The maximum Gasteiger partial charge on any atom is 0.243 e. The van der Waals surface area contributed by atoms with Gasteiger partial charge in [-0.15, -0.1) is 0 Å². The van der Waals surface area contributed by atoms with Gasteiger partial charge in [0.05, 0.1) is 19.1 Å². The number of hydrogen-bond acceptors (Lipinski definition) is 5. The van der Waals surface area contributed by atoms with Gasteiger partial charge < -0.3 is 14.4 Å². The Morgan fingerprint density at radius 3 is 2.23 bits per heavy atom. The molecule has 1 fully saturated rings. The van der Waals surface area contributed by atoms with E-state index < -0.39 is 10.0 Å². The van der Waals surface area contributed by atoms with Crippen LogP contribution in [0.1, 0.15) is 13.3 Å². The van der Waals surface area contributed by atoms with E-state index in [0.717, 1.165) is 26.1 Å². The number of nitrogens with zero attached hydrogens (tertiary/aromatic N) is 2. The molecule has 7 heteroatoms. The van der Waals surface area contributed by atoms with E-state index in [2.05, 4.69) is 11.8 Å². The first-order valence-corrected chi connectivity index (χ1v) is 8.91. The third kappa shape index (κ3) is 3.53. The van der Waals surface area contributed by atoms with Crippen molar-refractivity contribution in [2.75, 3.05) is 46.9 Å². The molecule has 1 aromatic carbocycles. The summed E-state index contributed by atoms with van der Waals surface area (Å²) in [5, 5.41) is 0. The highest BCUT2D eigenvalue weighted by atomic mass is 32.2. The summed E-state index contributed by atoms with van der Waals surface area (Å²) >= 11 is 0. The molecule has 1 heterocycles. The lowest BCUT2D eigenvalue weighted by molar-refractivity contribution is 0.188. The molecule has 0 saturated carbocycles. The standard InChI is InChI=1S/C15H24N2O4S/c1-4-7-16-8-10-17(11-9-16)22(18,19)13-5-6-14(20-2)15(12-13)21-3/h5-6,12H,4,7-11H2,1-3H3. The fourth-order valence-electron chi connectivity index (χ4n) is 2.64. The van der Waals surface area contributed by atoms with Crippen LogP contribution in [0.5, 0.6) is 11.5 Å². The van der Waals surface area contributed by atoms with Crippen molar-refractivity contribution in [1.82, 2.24) is 9.21 Å². The molecule has 124 valence electrons. The minimum Gasteiger partial charge on any atom is -0.493 e. The van der Waals surface area contributed by atoms with Crippen LogP contribution in [0, 0.1) is 0 Å². The largest absolute Gasteiger partial charge is 0.493 e. The number of piperazine rings is 1. The van der Waals surface area contributed by atoms with Crippen LogP contribution >= 0.6 is 0 Å². The fourth-order valence-corrected chi connectivity index (χ4v) is 4.07. The summed E-state index contributed by atoms with van der Waals surface area (Å²) in [5.74, 6) is 0.947. The van der Waals surface area contributed by atoms with Crippen LogP contribution in [0.25, 0.3) is 0 Å². The molecule has 0 aromatic heterocycles. The van der Waals surface area contributed by atoms with Crippen LogP contribution in [0.4, 0.5) is 0 Å². The van der Waals surface area contributed by atoms with E-state index in [0.29, 0.717) is 24.6 Å². The Bertz CT molecular complexity index is 596. The van der Waals surface area contributed by atoms with Gasteiger partial charge in [0.2, 0.25) is 10.0 Å². The molecule has 0 bridgehead atoms. The topological polar surface area (TPSA) is 59.1 Å². The van der Waals surface area contributed by atoms with Crippen molar-refractivity contribution in [3.05, 3.63) is 18.2 Å². The molecule has 0 unspecified atom stereocenters. The van der Waals surface area contributed by atoms with Gasteiger partial charge in [-0.05, 0) is 25.1 Å². The van der Waals surface area contributed by atoms with Crippen molar-refractivity contribution >= 4 is 10.0 Å². The van der Waals surface area contributed by atoms with Gasteiger partial charge >= 0.3 is 0 Å². The highest BCUT2D eigenvalue weighted by Gasteiger charge is 2.28. The summed E-state index contributed by atoms with van der Waals surface area (Å²) in [6.45, 7) is 5.76. The quantitative estimate of drug-likeness (QED) is 0.790. The van der Waals surface area contributed by atoms with Gasteiger partial charge in [0.15, 0.2) is 11.5 Å². The Morgan fingerprint density at radius 2 is 1.68 bits per heavy atom. The van der Waals surface area contributed by atoms with E-state index in [1.54, 1.807) is 16.4 Å². The minimum absolute atomic E-state index is 0.245. The van der Waals surface area contributed by atoms with E-state index in [1.165, 1.54) is 20.3 Å². The predicted octanol–water partition coefficient (Wildman–Crippen LogP) is 1.42. The molecule has 0 N–H and O–H groups in total. The lowest BCUT2D eigenvalue weighted by Gasteiger charge is -2.33. The molecule has 1 aliphatic rings. The number of rotatable bonds is 6. The molecular weight excluding hydrogens is 304 g/mol. The predicted molar refractivity (Wildman–Crippen MR) is 85.0 cm³/mol. The van der Waals surface area contributed by atoms with Crippen molar-refractivity contribution in [3.8, 4) is 11.5 Å². The Hall–Kier alpha value is -1.31. The van der Waals surface area contributed by atoms with E-state index >= 15 is 0 Å². The van der Waals surface area contributed by atoms with Gasteiger partial charge in [0.1, 0.15) is 0 Å². The second-order valence-corrected chi connectivity index (χ2v) is 7.20. The molecule has 0 radical (unpaired) electrons. The smallest absolute Gasteiger partial charge is 0.243 e. The van der Waals surface area contributed by atoms with Crippen LogP contribution in [0.3, 0.4) is 0 Å². The molecule has 1 saturated heterocycles. The van der Waals surface area contributed by atoms with E-state index in [9.17, 15) is 8.42 Å². The molecule has 1 aliphatic heterocycles. The minimum atomic E-state index is -3.49. The van der Waals surface area contributed by atoms with E-state index in [-0.39, 0.29) is 4.90 Å². The highest BCUT2D eigenvalue weighted by molar-refractivity contribution is 7.89. The van der Waals surface area contributed by atoms with Crippen LogP contribution < -0.4 is 9.47 Å². The maximum atomic E-state index is 12.7. The van der Waals surface area contributed by atoms with Crippen LogP contribution in [-0.2, 0) is 10.0 Å². The first-order chi connectivity index (χ1) is 10.5. The molecule has 0 atom stereocenters. The first kappa shape index (κ1) is 17.1. The monoisotopic (exact) mass is 328 g/mol. The number of benzene rings is 1. The average molecular weight is 328 g/mol. The number of ether oxygens (including phenoxy) is 2. The zero-order valence-corrected chi connectivity index (χ0v) is 14.2. The van der Waals surface area contributed by atoms with E-state index in [4.69, 9.17) is 9.47 Å². The van der Waals surface area contributed by atoms with Crippen molar-refractivity contribution in [1.29, 1.82) is 0 Å². The summed E-state index contributed by atoms with van der Waals surface area (Å²) in [4.78, 5) is 2.54. The van der Waals surface area contributed by atoms with Gasteiger partial charge in [-0.2, -0.15) is 4.31 Å². The van der Waals surface area contributed by atoms with Crippen LogP contribution in [0.15, 0.2) is 23.1 Å². The first-order valence-electron chi connectivity index (χ1n) is 7.47. The molecule has 1 aromatic rings. The van der Waals surface area contributed by atoms with E-state index in [1.807, 2.05) is 0 Å². The van der Waals surface area contributed by atoms with Gasteiger partial charge in [0, 0.05) is 32.2 Å². The number of sulfonamides is 1. The van der Waals surface area contributed by atoms with Crippen molar-refractivity contribution < 1.29 is 17.9 Å². The molecular formula is C15H24N2O4S. The third-order valence-electron chi connectivity index (χ3n) is 3.86. The Labute approximate surface area is 132 Å². The number of methoxy groups -OCH3 is 2. The summed E-state index contributed by atoms with van der Waals surface area (Å²) in [7, 11) is -0.462. The second kappa shape index (κ2) is 7.30. The van der Waals surface area contributed by atoms with Crippen molar-refractivity contribution in [3.63, 3.8) is 0 Å². The molecule has 2 rings (SSSR count). The molecule has 0 aliphatic carbocycles. The summed E-state index contributed by atoms with van der Waals surface area (Å²) in [6, 6.07) is 4.71. The molecule has 0 spiro atoms.